The molecule has 0 bridgehead atoms. The molecule has 2 atom stereocenters. The molecule has 0 aliphatic heterocycles. The highest BCUT2D eigenvalue weighted by Gasteiger charge is 2.46. The summed E-state index contributed by atoms with van der Waals surface area (Å²) in [6.45, 7) is 5.07. The minimum absolute atomic E-state index is 0.162. The number of esters is 1. The fraction of sp³-hybridized carbons (Fsp3) is 0.929. The summed E-state index contributed by atoms with van der Waals surface area (Å²) >= 11 is 1.66. The van der Waals surface area contributed by atoms with E-state index in [4.69, 9.17) is 4.74 Å². The lowest BCUT2D eigenvalue weighted by Crippen LogP contribution is -2.51. The molecule has 0 aromatic rings. The molecule has 0 aromatic carbocycles. The predicted octanol–water partition coefficient (Wildman–Crippen LogP) is 1.62. The smallest absolute Gasteiger partial charge is 0.326 e. The van der Waals surface area contributed by atoms with Gasteiger partial charge in [-0.2, -0.15) is 11.8 Å². The molecule has 2 unspecified atom stereocenters. The van der Waals surface area contributed by atoms with Crippen molar-refractivity contribution in [2.24, 2.45) is 0 Å². The Morgan fingerprint density at radius 1 is 1.43 bits per heavy atom. The van der Waals surface area contributed by atoms with Crippen LogP contribution in [0.1, 0.15) is 39.5 Å². The highest BCUT2D eigenvalue weighted by Crippen LogP contribution is 2.38. The lowest BCUT2D eigenvalue weighted by Gasteiger charge is -2.28. The second-order valence-corrected chi connectivity index (χ2v) is 9.26. The summed E-state index contributed by atoms with van der Waals surface area (Å²) in [4.78, 5) is 12.3. The highest BCUT2D eigenvalue weighted by molar-refractivity contribution is 8.01. The largest absolute Gasteiger partial charge is 0.465 e. The molecule has 1 N–H and O–H groups in total. The van der Waals surface area contributed by atoms with E-state index in [1.807, 2.05) is 6.92 Å². The van der Waals surface area contributed by atoms with Crippen LogP contribution in [0.25, 0.3) is 0 Å². The number of rotatable bonds is 9. The SMILES string of the molecule is CCCNC1(C(=O)OCC)CCC(SCCS(C)(=O)=O)C1. The number of ether oxygens (including phenoxy) is 1. The topological polar surface area (TPSA) is 72.5 Å². The summed E-state index contributed by atoms with van der Waals surface area (Å²) in [5.41, 5.74) is -0.575. The average Bonchev–Trinajstić information content (AvgIpc) is 2.80. The standard InChI is InChI=1S/C14H27NO4S2/c1-4-8-15-14(13(16)19-5-2)7-6-12(11-14)20-9-10-21(3,17)18/h12,15H,4-11H2,1-3H3. The summed E-state index contributed by atoms with van der Waals surface area (Å²) in [7, 11) is -2.91. The van der Waals surface area contributed by atoms with Gasteiger partial charge in [0.15, 0.2) is 0 Å². The maximum absolute atomic E-state index is 12.3. The molecular weight excluding hydrogens is 310 g/mol. The van der Waals surface area contributed by atoms with Crippen LogP contribution in [0.4, 0.5) is 0 Å². The van der Waals surface area contributed by atoms with Crippen LogP contribution in [0.3, 0.4) is 0 Å². The van der Waals surface area contributed by atoms with Crippen LogP contribution in [-0.4, -0.2) is 56.1 Å². The summed E-state index contributed by atoms with van der Waals surface area (Å²) in [5.74, 6) is 0.628. The number of nitrogens with one attached hydrogen (secondary N) is 1. The van der Waals surface area contributed by atoms with E-state index in [2.05, 4.69) is 12.2 Å². The summed E-state index contributed by atoms with van der Waals surface area (Å²) in [6, 6.07) is 0. The van der Waals surface area contributed by atoms with Gasteiger partial charge in [-0.1, -0.05) is 6.92 Å². The number of carbonyl (C=O) groups is 1. The molecule has 0 aromatic heterocycles. The van der Waals surface area contributed by atoms with Crippen LogP contribution in [-0.2, 0) is 19.4 Å². The fourth-order valence-electron chi connectivity index (χ4n) is 2.56. The van der Waals surface area contributed by atoms with Gasteiger partial charge >= 0.3 is 5.97 Å². The van der Waals surface area contributed by atoms with Crippen molar-refractivity contribution in [1.29, 1.82) is 0 Å². The maximum Gasteiger partial charge on any atom is 0.326 e. The quantitative estimate of drug-likeness (QED) is 0.645. The van der Waals surface area contributed by atoms with Crippen LogP contribution in [0.2, 0.25) is 0 Å². The normalized spacial score (nSPS) is 26.0. The van der Waals surface area contributed by atoms with Crippen molar-refractivity contribution >= 4 is 27.6 Å². The van der Waals surface area contributed by atoms with Gasteiger partial charge in [0.1, 0.15) is 15.4 Å². The lowest BCUT2D eigenvalue weighted by molar-refractivity contribution is -0.151. The van der Waals surface area contributed by atoms with Gasteiger partial charge in [0.05, 0.1) is 12.4 Å². The number of carbonyl (C=O) groups excluding carboxylic acids is 1. The van der Waals surface area contributed by atoms with Crippen LogP contribution in [0, 0.1) is 0 Å². The van der Waals surface area contributed by atoms with Crippen molar-refractivity contribution in [3.05, 3.63) is 0 Å². The number of hydrogen-bond donors (Lipinski definition) is 1. The molecule has 124 valence electrons. The van der Waals surface area contributed by atoms with Crippen molar-refractivity contribution in [2.45, 2.75) is 50.3 Å². The maximum atomic E-state index is 12.3. The summed E-state index contributed by atoms with van der Waals surface area (Å²) < 4.78 is 27.6. The van der Waals surface area contributed by atoms with Gasteiger partial charge in [-0.3, -0.25) is 4.79 Å². The molecule has 0 spiro atoms. The minimum Gasteiger partial charge on any atom is -0.465 e. The molecule has 0 radical (unpaired) electrons. The molecular formula is C14H27NO4S2. The van der Waals surface area contributed by atoms with Crippen molar-refractivity contribution in [1.82, 2.24) is 5.32 Å². The zero-order chi connectivity index (χ0) is 15.9. The van der Waals surface area contributed by atoms with Crippen molar-refractivity contribution in [3.8, 4) is 0 Å². The van der Waals surface area contributed by atoms with Crippen molar-refractivity contribution < 1.29 is 17.9 Å². The van der Waals surface area contributed by atoms with E-state index in [1.54, 1.807) is 11.8 Å². The number of sulfone groups is 1. The first kappa shape index (κ1) is 18.8. The molecule has 1 rings (SSSR count). The monoisotopic (exact) mass is 337 g/mol. The van der Waals surface area contributed by atoms with Crippen LogP contribution < -0.4 is 5.32 Å². The van der Waals surface area contributed by atoms with E-state index in [0.29, 0.717) is 17.6 Å². The third-order valence-corrected chi connectivity index (χ3v) is 6.17. The van der Waals surface area contributed by atoms with Gasteiger partial charge in [-0.25, -0.2) is 8.42 Å². The van der Waals surface area contributed by atoms with E-state index in [9.17, 15) is 13.2 Å². The molecule has 0 saturated heterocycles. The Bertz CT molecular complexity index is 438. The Morgan fingerprint density at radius 3 is 2.71 bits per heavy atom. The fourth-order valence-corrected chi connectivity index (χ4v) is 5.18. The highest BCUT2D eigenvalue weighted by atomic mass is 32.2. The van der Waals surface area contributed by atoms with E-state index in [-0.39, 0.29) is 11.7 Å². The predicted molar refractivity (Wildman–Crippen MR) is 87.5 cm³/mol. The van der Waals surface area contributed by atoms with E-state index in [1.165, 1.54) is 6.26 Å². The zero-order valence-corrected chi connectivity index (χ0v) is 14.8. The van der Waals surface area contributed by atoms with Gasteiger partial charge in [-0.15, -0.1) is 0 Å². The number of thioether (sulfide) groups is 1. The van der Waals surface area contributed by atoms with E-state index < -0.39 is 15.4 Å². The Balaban J connectivity index is 2.57. The summed E-state index contributed by atoms with van der Waals surface area (Å²) in [5, 5.41) is 3.68. The lowest BCUT2D eigenvalue weighted by atomic mass is 9.97. The van der Waals surface area contributed by atoms with Crippen LogP contribution in [0.15, 0.2) is 0 Å². The molecule has 7 heteroatoms. The third-order valence-electron chi connectivity index (χ3n) is 3.66. The molecule has 1 aliphatic carbocycles. The van der Waals surface area contributed by atoms with E-state index >= 15 is 0 Å². The molecule has 1 aliphatic rings. The number of hydrogen-bond acceptors (Lipinski definition) is 6. The van der Waals surface area contributed by atoms with Crippen molar-refractivity contribution in [2.75, 3.05) is 30.9 Å². The molecule has 5 nitrogen and oxygen atoms in total. The second-order valence-electron chi connectivity index (χ2n) is 5.59. The Kier molecular flexibility index (Phi) is 7.50. The van der Waals surface area contributed by atoms with Gasteiger partial charge in [0.25, 0.3) is 0 Å². The van der Waals surface area contributed by atoms with Gasteiger partial charge in [0.2, 0.25) is 0 Å². The second kappa shape index (κ2) is 8.39. The van der Waals surface area contributed by atoms with E-state index in [0.717, 1.165) is 32.2 Å². The van der Waals surface area contributed by atoms with Gasteiger partial charge in [0, 0.05) is 17.3 Å². The van der Waals surface area contributed by atoms with Gasteiger partial charge < -0.3 is 10.1 Å². The molecule has 0 heterocycles. The molecule has 0 amide bonds. The van der Waals surface area contributed by atoms with Gasteiger partial charge in [-0.05, 0) is 39.2 Å². The van der Waals surface area contributed by atoms with Crippen LogP contribution >= 0.6 is 11.8 Å². The third kappa shape index (κ3) is 6.16. The zero-order valence-electron chi connectivity index (χ0n) is 13.2. The first-order valence-electron chi connectivity index (χ1n) is 7.54. The molecule has 1 fully saturated rings. The first-order valence-corrected chi connectivity index (χ1v) is 10.7. The molecule has 21 heavy (non-hydrogen) atoms. The van der Waals surface area contributed by atoms with Crippen molar-refractivity contribution in [3.63, 3.8) is 0 Å². The molecule has 1 saturated carbocycles. The first-order chi connectivity index (χ1) is 9.83. The Labute approximate surface area is 132 Å². The summed E-state index contributed by atoms with van der Waals surface area (Å²) in [6.07, 6.45) is 4.63. The average molecular weight is 338 g/mol. The Hall–Kier alpha value is -0.270. The minimum atomic E-state index is -2.91. The van der Waals surface area contributed by atoms with Crippen LogP contribution in [0.5, 0.6) is 0 Å². The Morgan fingerprint density at radius 2 is 2.14 bits per heavy atom.